The Kier molecular flexibility index (Phi) is 4.12. The maximum Gasteiger partial charge on any atom is 0.255 e. The summed E-state index contributed by atoms with van der Waals surface area (Å²) < 4.78 is 24.4. The predicted molar refractivity (Wildman–Crippen MR) is 56.4 cm³/mol. The largest absolute Gasteiger partial charge is 0.353 e. The van der Waals surface area contributed by atoms with Crippen LogP contribution < -0.4 is 4.90 Å². The van der Waals surface area contributed by atoms with Gasteiger partial charge in [-0.1, -0.05) is 11.6 Å². The third kappa shape index (κ3) is 2.85. The van der Waals surface area contributed by atoms with E-state index in [1.807, 2.05) is 0 Å². The summed E-state index contributed by atoms with van der Waals surface area (Å²) in [5.41, 5.74) is 0.0235. The molecule has 1 heterocycles. The van der Waals surface area contributed by atoms with E-state index in [1.165, 1.54) is 11.9 Å². The number of nitrogens with zero attached hydrogens (tertiary/aromatic N) is 3. The number of hydrogen-bond donors (Lipinski definition) is 0. The van der Waals surface area contributed by atoms with Gasteiger partial charge in [0.1, 0.15) is 16.8 Å². The van der Waals surface area contributed by atoms with Crippen molar-refractivity contribution in [2.45, 2.75) is 13.3 Å². The van der Waals surface area contributed by atoms with Crippen LogP contribution in [0, 0.1) is 6.92 Å². The van der Waals surface area contributed by atoms with Crippen LogP contribution in [0.25, 0.3) is 0 Å². The van der Waals surface area contributed by atoms with Crippen molar-refractivity contribution in [2.24, 2.45) is 0 Å². The predicted octanol–water partition coefficient (Wildman–Crippen LogP) is 1.95. The molecule has 0 radical (unpaired) electrons. The number of aryl methyl sites for hydroxylation is 1. The number of carbonyl (C=O) groups is 1. The van der Waals surface area contributed by atoms with Crippen molar-refractivity contribution in [1.29, 1.82) is 0 Å². The minimum absolute atomic E-state index is 0.0235. The molecular weight excluding hydrogens is 240 g/mol. The fourth-order valence-corrected chi connectivity index (χ4v) is 1.47. The van der Waals surface area contributed by atoms with Crippen LogP contribution in [-0.4, -0.2) is 36.3 Å². The zero-order valence-electron chi connectivity index (χ0n) is 8.75. The summed E-state index contributed by atoms with van der Waals surface area (Å²) in [6, 6.07) is 0. The fraction of sp³-hybridized carbons (Fsp3) is 0.444. The van der Waals surface area contributed by atoms with Gasteiger partial charge in [-0.25, -0.2) is 18.7 Å². The van der Waals surface area contributed by atoms with E-state index < -0.39 is 13.0 Å². The Bertz CT molecular complexity index is 401. The highest BCUT2D eigenvalue weighted by Crippen LogP contribution is 2.22. The second-order valence-electron chi connectivity index (χ2n) is 3.19. The first-order chi connectivity index (χ1) is 7.45. The maximum atomic E-state index is 12.2. The molecule has 88 valence electrons. The van der Waals surface area contributed by atoms with Crippen LogP contribution in [0.5, 0.6) is 0 Å². The monoisotopic (exact) mass is 249 g/mol. The molecule has 0 saturated heterocycles. The minimum Gasteiger partial charge on any atom is -0.353 e. The van der Waals surface area contributed by atoms with Gasteiger partial charge in [0.2, 0.25) is 0 Å². The van der Waals surface area contributed by atoms with Crippen LogP contribution in [0.15, 0.2) is 0 Å². The summed E-state index contributed by atoms with van der Waals surface area (Å²) >= 11 is 5.72. The lowest BCUT2D eigenvalue weighted by Gasteiger charge is -2.19. The van der Waals surface area contributed by atoms with Crippen LogP contribution in [0.3, 0.4) is 0 Å². The van der Waals surface area contributed by atoms with Gasteiger partial charge in [-0.05, 0) is 6.92 Å². The van der Waals surface area contributed by atoms with E-state index in [-0.39, 0.29) is 16.5 Å². The highest BCUT2D eigenvalue weighted by Gasteiger charge is 2.17. The van der Waals surface area contributed by atoms with E-state index in [0.29, 0.717) is 12.1 Å². The molecule has 4 nitrogen and oxygen atoms in total. The Morgan fingerprint density at radius 3 is 2.62 bits per heavy atom. The topological polar surface area (TPSA) is 46.1 Å². The molecule has 0 fully saturated rings. The first kappa shape index (κ1) is 12.8. The van der Waals surface area contributed by atoms with E-state index in [1.54, 1.807) is 6.92 Å². The number of hydrogen-bond acceptors (Lipinski definition) is 4. The molecule has 0 atom stereocenters. The van der Waals surface area contributed by atoms with Gasteiger partial charge >= 0.3 is 0 Å². The molecule has 16 heavy (non-hydrogen) atoms. The van der Waals surface area contributed by atoms with Gasteiger partial charge in [0, 0.05) is 7.05 Å². The van der Waals surface area contributed by atoms with Gasteiger partial charge in [0.05, 0.1) is 12.1 Å². The van der Waals surface area contributed by atoms with Crippen molar-refractivity contribution in [3.63, 3.8) is 0 Å². The lowest BCUT2D eigenvalue weighted by molar-refractivity contribution is 0.112. The van der Waals surface area contributed by atoms with E-state index in [9.17, 15) is 13.6 Å². The number of rotatable bonds is 4. The minimum atomic E-state index is -2.52. The lowest BCUT2D eigenvalue weighted by atomic mass is 10.3. The Morgan fingerprint density at radius 2 is 2.12 bits per heavy atom. The normalized spacial score (nSPS) is 10.6. The second kappa shape index (κ2) is 5.16. The Labute approximate surface area is 96.3 Å². The van der Waals surface area contributed by atoms with E-state index in [0.717, 1.165) is 0 Å². The third-order valence-corrected chi connectivity index (χ3v) is 2.17. The molecule has 1 aromatic rings. The quantitative estimate of drug-likeness (QED) is 0.604. The fourth-order valence-electron chi connectivity index (χ4n) is 1.22. The molecule has 0 amide bonds. The Morgan fingerprint density at radius 1 is 1.50 bits per heavy atom. The highest BCUT2D eigenvalue weighted by atomic mass is 35.5. The summed E-state index contributed by atoms with van der Waals surface area (Å²) in [7, 11) is 1.41. The number of alkyl halides is 2. The molecule has 0 N–H and O–H groups in total. The van der Waals surface area contributed by atoms with Crippen LogP contribution in [0.4, 0.5) is 14.6 Å². The average molecular weight is 250 g/mol. The van der Waals surface area contributed by atoms with E-state index in [2.05, 4.69) is 9.97 Å². The lowest BCUT2D eigenvalue weighted by Crippen LogP contribution is -2.26. The summed E-state index contributed by atoms with van der Waals surface area (Å²) in [6.45, 7) is 1.05. The number of aromatic nitrogens is 2. The average Bonchev–Trinajstić information content (AvgIpc) is 2.15. The van der Waals surface area contributed by atoms with Gasteiger partial charge in [-0.3, -0.25) is 4.79 Å². The van der Waals surface area contributed by atoms with Gasteiger partial charge in [0.15, 0.2) is 6.29 Å². The Balaban J connectivity index is 3.15. The van der Waals surface area contributed by atoms with E-state index >= 15 is 0 Å². The standard InChI is InChI=1S/C9H10ClF2N3O/c1-5-13-8(10)6(4-16)9(14-5)15(2)3-7(11)12/h4,7H,3H2,1-2H3. The van der Waals surface area contributed by atoms with E-state index in [4.69, 9.17) is 11.6 Å². The summed E-state index contributed by atoms with van der Waals surface area (Å²) in [4.78, 5) is 19.6. The molecule has 0 spiro atoms. The Hall–Kier alpha value is -1.30. The van der Waals surface area contributed by atoms with Crippen molar-refractivity contribution in [1.82, 2.24) is 9.97 Å². The first-order valence-electron chi connectivity index (χ1n) is 4.44. The first-order valence-corrected chi connectivity index (χ1v) is 4.82. The maximum absolute atomic E-state index is 12.2. The molecule has 0 unspecified atom stereocenters. The molecule has 0 aliphatic carbocycles. The number of anilines is 1. The SMILES string of the molecule is Cc1nc(Cl)c(C=O)c(N(C)CC(F)F)n1. The zero-order valence-corrected chi connectivity index (χ0v) is 9.50. The second-order valence-corrected chi connectivity index (χ2v) is 3.55. The number of halogens is 3. The molecule has 1 rings (SSSR count). The van der Waals surface area contributed by atoms with Gasteiger partial charge in [-0.15, -0.1) is 0 Å². The van der Waals surface area contributed by atoms with Gasteiger partial charge in [0.25, 0.3) is 6.43 Å². The van der Waals surface area contributed by atoms with Crippen LogP contribution in [-0.2, 0) is 0 Å². The van der Waals surface area contributed by atoms with Crippen LogP contribution >= 0.6 is 11.6 Å². The third-order valence-electron chi connectivity index (χ3n) is 1.88. The van der Waals surface area contributed by atoms with Gasteiger partial charge in [-0.2, -0.15) is 0 Å². The van der Waals surface area contributed by atoms with Crippen molar-refractivity contribution in [2.75, 3.05) is 18.5 Å². The van der Waals surface area contributed by atoms with Crippen molar-refractivity contribution in [3.8, 4) is 0 Å². The summed E-state index contributed by atoms with van der Waals surface area (Å²) in [5, 5.41) is -0.0291. The van der Waals surface area contributed by atoms with Crippen LogP contribution in [0.1, 0.15) is 16.2 Å². The molecule has 0 aliphatic heterocycles. The molecule has 0 bridgehead atoms. The highest BCUT2D eigenvalue weighted by molar-refractivity contribution is 6.32. The van der Waals surface area contributed by atoms with Crippen molar-refractivity contribution in [3.05, 3.63) is 16.5 Å². The van der Waals surface area contributed by atoms with Gasteiger partial charge < -0.3 is 4.90 Å². The molecule has 0 aliphatic rings. The number of aldehydes is 1. The molecule has 0 aromatic carbocycles. The molecule has 1 aromatic heterocycles. The van der Waals surface area contributed by atoms with Crippen molar-refractivity contribution >= 4 is 23.7 Å². The summed E-state index contributed by atoms with van der Waals surface area (Å²) in [6.07, 6.45) is -2.06. The molecular formula is C9H10ClF2N3O. The summed E-state index contributed by atoms with van der Waals surface area (Å²) in [5.74, 6) is 0.444. The number of carbonyl (C=O) groups excluding carboxylic acids is 1. The molecule has 0 saturated carbocycles. The van der Waals surface area contributed by atoms with Crippen molar-refractivity contribution < 1.29 is 13.6 Å². The zero-order chi connectivity index (χ0) is 12.3. The smallest absolute Gasteiger partial charge is 0.255 e. The van der Waals surface area contributed by atoms with Crippen LogP contribution in [0.2, 0.25) is 5.15 Å². The molecule has 7 heteroatoms.